The summed E-state index contributed by atoms with van der Waals surface area (Å²) in [7, 11) is -3.42. The number of carbonyl (C=O) groups is 1. The van der Waals surface area contributed by atoms with Gasteiger partial charge in [-0.25, -0.2) is 8.42 Å². The summed E-state index contributed by atoms with van der Waals surface area (Å²) in [6.45, 7) is 0. The standard InChI is InChI=1S/C9H7BrO3S/c10-8-3-1-2-6-4-7(11)5-14(12,13)9(6)8/h1-3H,4-5H2. The van der Waals surface area contributed by atoms with Crippen LogP contribution in [0.15, 0.2) is 27.6 Å². The minimum Gasteiger partial charge on any atom is -0.298 e. The Morgan fingerprint density at radius 3 is 2.71 bits per heavy atom. The van der Waals surface area contributed by atoms with E-state index in [1.807, 2.05) is 0 Å². The Hall–Kier alpha value is -0.680. The Kier molecular flexibility index (Phi) is 2.23. The first-order valence-corrected chi connectivity index (χ1v) is 6.47. The van der Waals surface area contributed by atoms with Crippen LogP contribution in [0.3, 0.4) is 0 Å². The molecular weight excluding hydrogens is 268 g/mol. The number of hydrogen-bond acceptors (Lipinski definition) is 3. The van der Waals surface area contributed by atoms with Crippen molar-refractivity contribution >= 4 is 31.6 Å². The lowest BCUT2D eigenvalue weighted by atomic mass is 10.1. The van der Waals surface area contributed by atoms with Crippen LogP contribution in [0.2, 0.25) is 0 Å². The number of sulfone groups is 1. The second-order valence-electron chi connectivity index (χ2n) is 3.20. The molecule has 1 heterocycles. The molecular formula is C9H7BrO3S. The normalized spacial score (nSPS) is 19.1. The van der Waals surface area contributed by atoms with Gasteiger partial charge in [-0.15, -0.1) is 0 Å². The van der Waals surface area contributed by atoms with Gasteiger partial charge >= 0.3 is 0 Å². The van der Waals surface area contributed by atoms with E-state index in [0.717, 1.165) is 0 Å². The number of benzene rings is 1. The maximum Gasteiger partial charge on any atom is 0.186 e. The SMILES string of the molecule is O=C1Cc2cccc(Br)c2S(=O)(=O)C1. The summed E-state index contributed by atoms with van der Waals surface area (Å²) >= 11 is 3.19. The molecule has 1 aromatic rings. The third-order valence-corrected chi connectivity index (χ3v) is 4.83. The van der Waals surface area contributed by atoms with Gasteiger partial charge in [0.2, 0.25) is 0 Å². The van der Waals surface area contributed by atoms with Gasteiger partial charge in [0.1, 0.15) is 5.75 Å². The largest absolute Gasteiger partial charge is 0.298 e. The van der Waals surface area contributed by atoms with Gasteiger partial charge in [0.05, 0.1) is 4.90 Å². The van der Waals surface area contributed by atoms with E-state index in [4.69, 9.17) is 0 Å². The number of ketones is 1. The van der Waals surface area contributed by atoms with Crippen LogP contribution in [0, 0.1) is 0 Å². The van der Waals surface area contributed by atoms with Gasteiger partial charge in [-0.1, -0.05) is 12.1 Å². The lowest BCUT2D eigenvalue weighted by Gasteiger charge is -2.16. The van der Waals surface area contributed by atoms with Gasteiger partial charge in [-0.05, 0) is 27.6 Å². The van der Waals surface area contributed by atoms with E-state index < -0.39 is 9.84 Å². The molecule has 0 spiro atoms. The van der Waals surface area contributed by atoms with Crippen LogP contribution in [0.25, 0.3) is 0 Å². The molecule has 1 aliphatic rings. The highest BCUT2D eigenvalue weighted by molar-refractivity contribution is 9.10. The molecule has 0 aromatic heterocycles. The van der Waals surface area contributed by atoms with E-state index in [-0.39, 0.29) is 22.9 Å². The first kappa shape index (κ1) is 9.86. The highest BCUT2D eigenvalue weighted by Gasteiger charge is 2.30. The van der Waals surface area contributed by atoms with Crippen molar-refractivity contribution in [2.24, 2.45) is 0 Å². The molecule has 3 nitrogen and oxygen atoms in total. The van der Waals surface area contributed by atoms with Gasteiger partial charge in [0, 0.05) is 10.9 Å². The van der Waals surface area contributed by atoms with E-state index in [0.29, 0.717) is 10.0 Å². The van der Waals surface area contributed by atoms with E-state index >= 15 is 0 Å². The quantitative estimate of drug-likeness (QED) is 0.718. The molecule has 14 heavy (non-hydrogen) atoms. The summed E-state index contributed by atoms with van der Waals surface area (Å²) in [5.74, 6) is -0.613. The monoisotopic (exact) mass is 274 g/mol. The van der Waals surface area contributed by atoms with Gasteiger partial charge in [0.15, 0.2) is 15.6 Å². The van der Waals surface area contributed by atoms with E-state index in [1.54, 1.807) is 18.2 Å². The van der Waals surface area contributed by atoms with Gasteiger partial charge in [-0.3, -0.25) is 4.79 Å². The van der Waals surface area contributed by atoms with Crippen molar-refractivity contribution in [3.05, 3.63) is 28.2 Å². The highest BCUT2D eigenvalue weighted by Crippen LogP contribution is 2.30. The van der Waals surface area contributed by atoms with Crippen molar-refractivity contribution in [1.29, 1.82) is 0 Å². The number of hydrogen-bond donors (Lipinski definition) is 0. The molecule has 0 radical (unpaired) electrons. The molecule has 1 aromatic carbocycles. The fourth-order valence-electron chi connectivity index (χ4n) is 1.59. The number of Topliss-reactive ketones (excluding diaryl/α,β-unsaturated/α-hetero) is 1. The highest BCUT2D eigenvalue weighted by atomic mass is 79.9. The summed E-state index contributed by atoms with van der Waals surface area (Å²) in [4.78, 5) is 11.4. The zero-order chi connectivity index (χ0) is 10.3. The molecule has 0 saturated carbocycles. The third-order valence-electron chi connectivity index (χ3n) is 2.10. The van der Waals surface area contributed by atoms with E-state index in [9.17, 15) is 13.2 Å². The van der Waals surface area contributed by atoms with Crippen molar-refractivity contribution in [1.82, 2.24) is 0 Å². The smallest absolute Gasteiger partial charge is 0.186 e. The molecule has 0 amide bonds. The number of rotatable bonds is 0. The second-order valence-corrected chi connectivity index (χ2v) is 5.98. The summed E-state index contributed by atoms with van der Waals surface area (Å²) in [5, 5.41) is 0. The molecule has 5 heteroatoms. The van der Waals surface area contributed by atoms with Gasteiger partial charge < -0.3 is 0 Å². The van der Waals surface area contributed by atoms with E-state index in [2.05, 4.69) is 15.9 Å². The lowest BCUT2D eigenvalue weighted by molar-refractivity contribution is -0.116. The minimum absolute atomic E-state index is 0.216. The van der Waals surface area contributed by atoms with Crippen LogP contribution in [0.4, 0.5) is 0 Å². The minimum atomic E-state index is -3.42. The lowest BCUT2D eigenvalue weighted by Crippen LogP contribution is -2.25. The van der Waals surface area contributed by atoms with Crippen LogP contribution >= 0.6 is 15.9 Å². The number of halogens is 1. The Bertz CT molecular complexity index is 505. The van der Waals surface area contributed by atoms with E-state index in [1.165, 1.54) is 0 Å². The fraction of sp³-hybridized carbons (Fsp3) is 0.222. The van der Waals surface area contributed by atoms with Crippen LogP contribution < -0.4 is 0 Å². The number of carbonyl (C=O) groups excluding carboxylic acids is 1. The molecule has 0 saturated heterocycles. The van der Waals surface area contributed by atoms with Crippen molar-refractivity contribution in [2.75, 3.05) is 5.75 Å². The van der Waals surface area contributed by atoms with Crippen molar-refractivity contribution in [3.8, 4) is 0 Å². The average Bonchev–Trinajstić information content (AvgIpc) is 2.00. The molecule has 74 valence electrons. The first-order valence-electron chi connectivity index (χ1n) is 4.02. The van der Waals surface area contributed by atoms with Crippen molar-refractivity contribution in [2.45, 2.75) is 11.3 Å². The molecule has 0 bridgehead atoms. The second kappa shape index (κ2) is 3.17. The molecule has 0 aliphatic carbocycles. The average molecular weight is 275 g/mol. The number of fused-ring (bicyclic) bond motifs is 1. The Morgan fingerprint density at radius 1 is 1.29 bits per heavy atom. The zero-order valence-electron chi connectivity index (χ0n) is 7.16. The Labute approximate surface area is 90.2 Å². The molecule has 1 aliphatic heterocycles. The van der Waals surface area contributed by atoms with Crippen LogP contribution in [-0.4, -0.2) is 20.0 Å². The molecule has 2 rings (SSSR count). The summed E-state index contributed by atoms with van der Waals surface area (Å²) in [6.07, 6.45) is 0.216. The summed E-state index contributed by atoms with van der Waals surface area (Å²) in [6, 6.07) is 5.08. The summed E-state index contributed by atoms with van der Waals surface area (Å²) in [5.41, 5.74) is 0.593. The summed E-state index contributed by atoms with van der Waals surface area (Å²) < 4.78 is 23.9. The van der Waals surface area contributed by atoms with Crippen LogP contribution in [0.1, 0.15) is 5.56 Å². The maximum atomic E-state index is 11.7. The molecule has 0 unspecified atom stereocenters. The van der Waals surface area contributed by atoms with Crippen LogP contribution in [0.5, 0.6) is 0 Å². The zero-order valence-corrected chi connectivity index (χ0v) is 9.56. The topological polar surface area (TPSA) is 51.2 Å². The van der Waals surface area contributed by atoms with Crippen LogP contribution in [-0.2, 0) is 21.1 Å². The molecule has 0 N–H and O–H groups in total. The van der Waals surface area contributed by atoms with Crippen molar-refractivity contribution < 1.29 is 13.2 Å². The predicted octanol–water partition coefficient (Wildman–Crippen LogP) is 1.35. The Morgan fingerprint density at radius 2 is 2.00 bits per heavy atom. The molecule has 0 atom stereocenters. The van der Waals surface area contributed by atoms with Gasteiger partial charge in [0.25, 0.3) is 0 Å². The predicted molar refractivity (Wildman–Crippen MR) is 54.9 cm³/mol. The van der Waals surface area contributed by atoms with Gasteiger partial charge in [-0.2, -0.15) is 0 Å². The molecule has 0 fully saturated rings. The Balaban J connectivity index is 2.77. The first-order chi connectivity index (χ1) is 6.50. The fourth-order valence-corrected chi connectivity index (χ4v) is 4.31. The van der Waals surface area contributed by atoms with Crippen molar-refractivity contribution in [3.63, 3.8) is 0 Å². The third kappa shape index (κ3) is 1.50. The maximum absolute atomic E-state index is 11.7.